The number of furan rings is 1. The minimum absolute atomic E-state index is 0. The molecule has 0 aliphatic carbocycles. The SMILES string of the molecule is CCCCCCNCc1ccc(-c2cccc(Cl)c2)o1.Cl. The summed E-state index contributed by atoms with van der Waals surface area (Å²) in [7, 11) is 0. The lowest BCUT2D eigenvalue weighted by Crippen LogP contribution is -2.14. The van der Waals surface area contributed by atoms with Crippen molar-refractivity contribution in [3.05, 3.63) is 47.2 Å². The Morgan fingerprint density at radius 2 is 1.95 bits per heavy atom. The standard InChI is InChI=1S/C17H22ClNO.ClH/c1-2-3-4-5-11-19-13-16-9-10-17(20-16)14-7-6-8-15(18)12-14;/h6-10,12,19H,2-5,11,13H2,1H3;1H. The molecule has 0 radical (unpaired) electrons. The molecule has 21 heavy (non-hydrogen) atoms. The normalized spacial score (nSPS) is 10.4. The fourth-order valence-corrected chi connectivity index (χ4v) is 2.35. The van der Waals surface area contributed by atoms with Gasteiger partial charge in [0.2, 0.25) is 0 Å². The minimum atomic E-state index is 0. The second kappa shape index (κ2) is 9.88. The molecule has 1 aromatic heterocycles. The molecular formula is C17H23Cl2NO. The van der Waals surface area contributed by atoms with E-state index in [9.17, 15) is 0 Å². The van der Waals surface area contributed by atoms with Crippen LogP contribution in [0.5, 0.6) is 0 Å². The summed E-state index contributed by atoms with van der Waals surface area (Å²) in [5.41, 5.74) is 1.02. The molecule has 1 N–H and O–H groups in total. The van der Waals surface area contributed by atoms with Crippen LogP contribution in [0, 0.1) is 0 Å². The van der Waals surface area contributed by atoms with Crippen LogP contribution in [0.15, 0.2) is 40.8 Å². The van der Waals surface area contributed by atoms with Gasteiger partial charge in [-0.1, -0.05) is 49.9 Å². The molecule has 2 rings (SSSR count). The van der Waals surface area contributed by atoms with Crippen molar-refractivity contribution in [3.63, 3.8) is 0 Å². The predicted octanol–water partition coefficient (Wildman–Crippen LogP) is 5.69. The molecule has 116 valence electrons. The van der Waals surface area contributed by atoms with E-state index in [2.05, 4.69) is 12.2 Å². The summed E-state index contributed by atoms with van der Waals surface area (Å²) in [5.74, 6) is 1.84. The molecule has 1 heterocycles. The summed E-state index contributed by atoms with van der Waals surface area (Å²) in [5, 5.41) is 4.15. The molecule has 1 aromatic carbocycles. The van der Waals surface area contributed by atoms with Crippen molar-refractivity contribution < 1.29 is 4.42 Å². The summed E-state index contributed by atoms with van der Waals surface area (Å²) in [6.07, 6.45) is 5.13. The third-order valence-electron chi connectivity index (χ3n) is 3.28. The van der Waals surface area contributed by atoms with E-state index in [1.165, 1.54) is 25.7 Å². The maximum absolute atomic E-state index is 5.99. The maximum atomic E-state index is 5.99. The Balaban J connectivity index is 0.00000220. The second-order valence-corrected chi connectivity index (χ2v) is 5.45. The van der Waals surface area contributed by atoms with Crippen molar-refractivity contribution >= 4 is 24.0 Å². The first kappa shape index (κ1) is 18.1. The van der Waals surface area contributed by atoms with Crippen molar-refractivity contribution in [2.24, 2.45) is 0 Å². The lowest BCUT2D eigenvalue weighted by atomic mass is 10.2. The highest BCUT2D eigenvalue weighted by Crippen LogP contribution is 2.24. The molecule has 0 aliphatic rings. The van der Waals surface area contributed by atoms with Gasteiger partial charge in [0, 0.05) is 10.6 Å². The molecule has 0 saturated heterocycles. The highest BCUT2D eigenvalue weighted by molar-refractivity contribution is 6.30. The quantitative estimate of drug-likeness (QED) is 0.630. The molecule has 0 atom stereocenters. The van der Waals surface area contributed by atoms with Crippen molar-refractivity contribution in [1.82, 2.24) is 5.32 Å². The Labute approximate surface area is 138 Å². The zero-order valence-electron chi connectivity index (χ0n) is 12.4. The number of hydrogen-bond donors (Lipinski definition) is 1. The molecule has 0 bridgehead atoms. The Bertz CT molecular complexity index is 525. The van der Waals surface area contributed by atoms with Gasteiger partial charge in [0.05, 0.1) is 6.54 Å². The minimum Gasteiger partial charge on any atom is -0.460 e. The van der Waals surface area contributed by atoms with Crippen LogP contribution in [-0.2, 0) is 6.54 Å². The van der Waals surface area contributed by atoms with Crippen LogP contribution in [0.3, 0.4) is 0 Å². The molecule has 4 heteroatoms. The van der Waals surface area contributed by atoms with Gasteiger partial charge in [-0.3, -0.25) is 0 Å². The molecule has 0 unspecified atom stereocenters. The number of halogens is 2. The Hall–Kier alpha value is -0.960. The largest absolute Gasteiger partial charge is 0.460 e. The number of unbranched alkanes of at least 4 members (excludes halogenated alkanes) is 3. The molecule has 0 saturated carbocycles. The summed E-state index contributed by atoms with van der Waals surface area (Å²) in [4.78, 5) is 0. The van der Waals surface area contributed by atoms with Gasteiger partial charge in [0.15, 0.2) is 0 Å². The van der Waals surface area contributed by atoms with Crippen LogP contribution in [0.25, 0.3) is 11.3 Å². The van der Waals surface area contributed by atoms with Crippen LogP contribution in [-0.4, -0.2) is 6.54 Å². The van der Waals surface area contributed by atoms with Gasteiger partial charge in [-0.25, -0.2) is 0 Å². The Morgan fingerprint density at radius 3 is 2.71 bits per heavy atom. The van der Waals surface area contributed by atoms with Crippen molar-refractivity contribution in [1.29, 1.82) is 0 Å². The lowest BCUT2D eigenvalue weighted by molar-refractivity contribution is 0.487. The van der Waals surface area contributed by atoms with Crippen LogP contribution in [0.2, 0.25) is 5.02 Å². The molecule has 0 aliphatic heterocycles. The van der Waals surface area contributed by atoms with Crippen molar-refractivity contribution in [2.75, 3.05) is 6.54 Å². The zero-order valence-corrected chi connectivity index (χ0v) is 14.0. The van der Waals surface area contributed by atoms with E-state index in [-0.39, 0.29) is 12.4 Å². The second-order valence-electron chi connectivity index (χ2n) is 5.01. The monoisotopic (exact) mass is 327 g/mol. The number of benzene rings is 1. The van der Waals surface area contributed by atoms with E-state index >= 15 is 0 Å². The Kier molecular flexibility index (Phi) is 8.51. The predicted molar refractivity (Wildman–Crippen MR) is 92.3 cm³/mol. The third-order valence-corrected chi connectivity index (χ3v) is 3.51. The maximum Gasteiger partial charge on any atom is 0.134 e. The van der Waals surface area contributed by atoms with Gasteiger partial charge in [0.25, 0.3) is 0 Å². The fourth-order valence-electron chi connectivity index (χ4n) is 2.16. The average molecular weight is 328 g/mol. The van der Waals surface area contributed by atoms with Crippen molar-refractivity contribution in [3.8, 4) is 11.3 Å². The van der Waals surface area contributed by atoms with E-state index in [1.54, 1.807) is 0 Å². The van der Waals surface area contributed by atoms with Gasteiger partial charge >= 0.3 is 0 Å². The number of hydrogen-bond acceptors (Lipinski definition) is 2. The topological polar surface area (TPSA) is 25.2 Å². The summed E-state index contributed by atoms with van der Waals surface area (Å²) in [6, 6.07) is 11.8. The van der Waals surface area contributed by atoms with Crippen LogP contribution in [0.1, 0.15) is 38.4 Å². The highest BCUT2D eigenvalue weighted by Gasteiger charge is 2.04. The first-order valence-electron chi connectivity index (χ1n) is 7.35. The third kappa shape index (κ3) is 6.13. The van der Waals surface area contributed by atoms with E-state index in [1.807, 2.05) is 36.4 Å². The van der Waals surface area contributed by atoms with E-state index < -0.39 is 0 Å². The first-order chi connectivity index (χ1) is 9.79. The number of rotatable bonds is 8. The van der Waals surface area contributed by atoms with Crippen molar-refractivity contribution in [2.45, 2.75) is 39.2 Å². The van der Waals surface area contributed by atoms with E-state index in [0.717, 1.165) is 35.2 Å². The van der Waals surface area contributed by atoms with Gasteiger partial charge in [-0.05, 0) is 37.2 Å². The molecule has 0 amide bonds. The molecule has 0 fully saturated rings. The first-order valence-corrected chi connectivity index (χ1v) is 7.73. The zero-order chi connectivity index (χ0) is 14.2. The van der Waals surface area contributed by atoms with Gasteiger partial charge in [0.1, 0.15) is 11.5 Å². The highest BCUT2D eigenvalue weighted by atomic mass is 35.5. The van der Waals surface area contributed by atoms with Gasteiger partial charge in [-0.2, -0.15) is 0 Å². The molecule has 2 aromatic rings. The average Bonchev–Trinajstić information content (AvgIpc) is 2.91. The lowest BCUT2D eigenvalue weighted by Gasteiger charge is -2.02. The summed E-state index contributed by atoms with van der Waals surface area (Å²) < 4.78 is 5.83. The summed E-state index contributed by atoms with van der Waals surface area (Å²) >= 11 is 5.99. The van der Waals surface area contributed by atoms with Crippen LogP contribution >= 0.6 is 24.0 Å². The van der Waals surface area contributed by atoms with E-state index in [0.29, 0.717) is 0 Å². The van der Waals surface area contributed by atoms with Gasteiger partial charge in [-0.15, -0.1) is 12.4 Å². The van der Waals surface area contributed by atoms with E-state index in [4.69, 9.17) is 16.0 Å². The van der Waals surface area contributed by atoms with Crippen LogP contribution in [0.4, 0.5) is 0 Å². The molecule has 2 nitrogen and oxygen atoms in total. The smallest absolute Gasteiger partial charge is 0.134 e. The molecular weight excluding hydrogens is 305 g/mol. The Morgan fingerprint density at radius 1 is 1.10 bits per heavy atom. The molecule has 0 spiro atoms. The fraction of sp³-hybridized carbons (Fsp3) is 0.412. The van der Waals surface area contributed by atoms with Gasteiger partial charge < -0.3 is 9.73 Å². The van der Waals surface area contributed by atoms with Crippen LogP contribution < -0.4 is 5.32 Å². The number of nitrogens with one attached hydrogen (secondary N) is 1. The summed E-state index contributed by atoms with van der Waals surface area (Å²) in [6.45, 7) is 4.06.